The molecule has 100 valence electrons. The van der Waals surface area contributed by atoms with Crippen LogP contribution in [-0.2, 0) is 12.8 Å². The summed E-state index contributed by atoms with van der Waals surface area (Å²) in [7, 11) is 0. The van der Waals surface area contributed by atoms with Crippen LogP contribution in [0.2, 0.25) is 0 Å². The van der Waals surface area contributed by atoms with E-state index in [-0.39, 0.29) is 5.82 Å². The molecule has 1 aromatic carbocycles. The van der Waals surface area contributed by atoms with Gasteiger partial charge in [0.2, 0.25) is 0 Å². The fourth-order valence-electron chi connectivity index (χ4n) is 2.24. The molecular formula is C16H18FNO. The van der Waals surface area contributed by atoms with Crippen LogP contribution in [0.5, 0.6) is 0 Å². The van der Waals surface area contributed by atoms with Gasteiger partial charge in [-0.2, -0.15) is 0 Å². The van der Waals surface area contributed by atoms with Crippen molar-refractivity contribution in [3.8, 4) is 0 Å². The van der Waals surface area contributed by atoms with E-state index in [2.05, 4.69) is 4.98 Å². The lowest BCUT2D eigenvalue weighted by Gasteiger charge is -2.15. The minimum atomic E-state index is -0.626. The van der Waals surface area contributed by atoms with Crippen LogP contribution in [0.4, 0.5) is 4.39 Å². The van der Waals surface area contributed by atoms with E-state index in [0.29, 0.717) is 6.42 Å². The van der Waals surface area contributed by atoms with Crippen molar-refractivity contribution in [3.05, 3.63) is 64.7 Å². The van der Waals surface area contributed by atoms with Crippen LogP contribution in [-0.4, -0.2) is 10.1 Å². The molecule has 0 saturated heterocycles. The monoisotopic (exact) mass is 259 g/mol. The molecule has 19 heavy (non-hydrogen) atoms. The highest BCUT2D eigenvalue weighted by Crippen LogP contribution is 2.23. The van der Waals surface area contributed by atoms with Gasteiger partial charge in [-0.15, -0.1) is 0 Å². The zero-order valence-electron chi connectivity index (χ0n) is 11.2. The van der Waals surface area contributed by atoms with E-state index >= 15 is 0 Å². The lowest BCUT2D eigenvalue weighted by Crippen LogP contribution is -2.07. The molecule has 2 nitrogen and oxygen atoms in total. The summed E-state index contributed by atoms with van der Waals surface area (Å²) in [6.07, 6.45) is 4.06. The summed E-state index contributed by atoms with van der Waals surface area (Å²) in [5.41, 5.74) is 3.74. The SMILES string of the molecule is CCc1cnccc1C(O)Cc1cc(F)ccc1C. The maximum absolute atomic E-state index is 13.3. The molecular weight excluding hydrogens is 241 g/mol. The van der Waals surface area contributed by atoms with Crippen LogP contribution in [0.25, 0.3) is 0 Å². The molecule has 3 heteroatoms. The highest BCUT2D eigenvalue weighted by Gasteiger charge is 2.13. The van der Waals surface area contributed by atoms with Gasteiger partial charge < -0.3 is 5.11 Å². The van der Waals surface area contributed by atoms with Gasteiger partial charge >= 0.3 is 0 Å². The molecule has 1 heterocycles. The maximum atomic E-state index is 13.3. The first-order valence-electron chi connectivity index (χ1n) is 6.47. The Bertz CT molecular complexity index is 568. The van der Waals surface area contributed by atoms with Crippen molar-refractivity contribution in [2.45, 2.75) is 32.8 Å². The lowest BCUT2D eigenvalue weighted by atomic mass is 9.95. The van der Waals surface area contributed by atoms with Crippen LogP contribution in [0.3, 0.4) is 0 Å². The first-order valence-corrected chi connectivity index (χ1v) is 6.47. The van der Waals surface area contributed by atoms with Gasteiger partial charge in [0, 0.05) is 18.8 Å². The fourth-order valence-corrected chi connectivity index (χ4v) is 2.24. The molecule has 1 aromatic heterocycles. The highest BCUT2D eigenvalue weighted by molar-refractivity contribution is 5.31. The molecule has 0 saturated carbocycles. The molecule has 2 aromatic rings. The van der Waals surface area contributed by atoms with Crippen LogP contribution in [0.15, 0.2) is 36.7 Å². The van der Waals surface area contributed by atoms with Gasteiger partial charge in [0.05, 0.1) is 6.10 Å². The normalized spacial score (nSPS) is 12.4. The Morgan fingerprint density at radius 1 is 1.26 bits per heavy atom. The van der Waals surface area contributed by atoms with Crippen LogP contribution < -0.4 is 0 Å². The van der Waals surface area contributed by atoms with E-state index < -0.39 is 6.10 Å². The number of aromatic nitrogens is 1. The number of aryl methyl sites for hydroxylation is 2. The average Bonchev–Trinajstić information content (AvgIpc) is 2.42. The number of rotatable bonds is 4. The summed E-state index contributed by atoms with van der Waals surface area (Å²) in [5.74, 6) is -0.266. The second-order valence-electron chi connectivity index (χ2n) is 4.72. The minimum Gasteiger partial charge on any atom is -0.388 e. The summed E-state index contributed by atoms with van der Waals surface area (Å²) in [4.78, 5) is 4.07. The number of aliphatic hydroxyl groups excluding tert-OH is 1. The average molecular weight is 259 g/mol. The summed E-state index contributed by atoms with van der Waals surface area (Å²) in [6.45, 7) is 3.95. The minimum absolute atomic E-state index is 0.266. The third kappa shape index (κ3) is 3.18. The molecule has 1 unspecified atom stereocenters. The van der Waals surface area contributed by atoms with Gasteiger partial charge in [-0.25, -0.2) is 4.39 Å². The number of pyridine rings is 1. The van der Waals surface area contributed by atoms with Gasteiger partial charge in [0.25, 0.3) is 0 Å². The second-order valence-corrected chi connectivity index (χ2v) is 4.72. The molecule has 0 aliphatic carbocycles. The third-order valence-electron chi connectivity index (χ3n) is 3.41. The molecule has 0 aliphatic rings. The van der Waals surface area contributed by atoms with Gasteiger partial charge in [-0.1, -0.05) is 13.0 Å². The molecule has 0 bridgehead atoms. The van der Waals surface area contributed by atoms with Crippen molar-refractivity contribution < 1.29 is 9.50 Å². The Morgan fingerprint density at radius 2 is 2.05 bits per heavy atom. The Kier molecular flexibility index (Phi) is 4.27. The molecule has 0 amide bonds. The van der Waals surface area contributed by atoms with Crippen molar-refractivity contribution in [2.75, 3.05) is 0 Å². The number of hydrogen-bond acceptors (Lipinski definition) is 2. The number of halogens is 1. The smallest absolute Gasteiger partial charge is 0.123 e. The third-order valence-corrected chi connectivity index (χ3v) is 3.41. The van der Waals surface area contributed by atoms with Crippen molar-refractivity contribution >= 4 is 0 Å². The Labute approximate surface area is 112 Å². The molecule has 0 spiro atoms. The van der Waals surface area contributed by atoms with Gasteiger partial charge in [0.15, 0.2) is 0 Å². The number of benzene rings is 1. The molecule has 0 fully saturated rings. The van der Waals surface area contributed by atoms with E-state index in [1.165, 1.54) is 12.1 Å². The quantitative estimate of drug-likeness (QED) is 0.913. The Balaban J connectivity index is 2.25. The van der Waals surface area contributed by atoms with Crippen molar-refractivity contribution in [3.63, 3.8) is 0 Å². The summed E-state index contributed by atoms with van der Waals surface area (Å²) < 4.78 is 13.3. The zero-order valence-corrected chi connectivity index (χ0v) is 11.2. The first kappa shape index (κ1) is 13.7. The van der Waals surface area contributed by atoms with Crippen molar-refractivity contribution in [1.29, 1.82) is 0 Å². The fraction of sp³-hybridized carbons (Fsp3) is 0.312. The predicted molar refractivity (Wildman–Crippen MR) is 73.4 cm³/mol. The topological polar surface area (TPSA) is 33.1 Å². The second kappa shape index (κ2) is 5.93. The van der Waals surface area contributed by atoms with Crippen molar-refractivity contribution in [2.24, 2.45) is 0 Å². The van der Waals surface area contributed by atoms with E-state index in [1.54, 1.807) is 18.5 Å². The molecule has 0 aliphatic heterocycles. The van der Waals surface area contributed by atoms with Crippen molar-refractivity contribution in [1.82, 2.24) is 4.98 Å². The van der Waals surface area contributed by atoms with E-state index in [1.807, 2.05) is 19.9 Å². The molecule has 1 atom stereocenters. The largest absolute Gasteiger partial charge is 0.388 e. The lowest BCUT2D eigenvalue weighted by molar-refractivity contribution is 0.177. The summed E-state index contributed by atoms with van der Waals surface area (Å²) >= 11 is 0. The number of hydrogen-bond donors (Lipinski definition) is 1. The highest BCUT2D eigenvalue weighted by atomic mass is 19.1. The summed E-state index contributed by atoms with van der Waals surface area (Å²) in [6, 6.07) is 6.50. The Morgan fingerprint density at radius 3 is 2.79 bits per heavy atom. The van der Waals surface area contributed by atoms with Gasteiger partial charge in [0.1, 0.15) is 5.82 Å². The molecule has 2 rings (SSSR count). The standard InChI is InChI=1S/C16H18FNO/c1-3-12-10-18-7-6-15(12)16(19)9-13-8-14(17)5-4-11(13)2/h4-8,10,16,19H,3,9H2,1-2H3. The number of aliphatic hydroxyl groups is 1. The summed E-state index contributed by atoms with van der Waals surface area (Å²) in [5, 5.41) is 10.4. The van der Waals surface area contributed by atoms with E-state index in [4.69, 9.17) is 0 Å². The Hall–Kier alpha value is -1.74. The van der Waals surface area contributed by atoms with E-state index in [9.17, 15) is 9.50 Å². The first-order chi connectivity index (χ1) is 9.11. The number of nitrogens with zero attached hydrogens (tertiary/aromatic N) is 1. The molecule has 0 radical (unpaired) electrons. The predicted octanol–water partition coefficient (Wildman–Crippen LogP) is 3.37. The van der Waals surface area contributed by atoms with Gasteiger partial charge in [-0.3, -0.25) is 4.98 Å². The van der Waals surface area contributed by atoms with Crippen LogP contribution >= 0.6 is 0 Å². The molecule has 1 N–H and O–H groups in total. The van der Waals surface area contributed by atoms with Gasteiger partial charge in [-0.05, 0) is 53.8 Å². The van der Waals surface area contributed by atoms with Crippen LogP contribution in [0.1, 0.15) is 35.3 Å². The zero-order chi connectivity index (χ0) is 13.8. The van der Waals surface area contributed by atoms with E-state index in [0.717, 1.165) is 28.7 Å². The maximum Gasteiger partial charge on any atom is 0.123 e. The van der Waals surface area contributed by atoms with Crippen LogP contribution in [0, 0.1) is 12.7 Å².